The van der Waals surface area contributed by atoms with Crippen LogP contribution in [-0.2, 0) is 0 Å². The second kappa shape index (κ2) is 7.01. The van der Waals surface area contributed by atoms with Crippen LogP contribution in [0.25, 0.3) is 10.1 Å². The summed E-state index contributed by atoms with van der Waals surface area (Å²) < 4.78 is 6.92. The molecule has 0 saturated carbocycles. The third-order valence-electron chi connectivity index (χ3n) is 4.87. The second-order valence-corrected chi connectivity index (χ2v) is 7.43. The Kier molecular flexibility index (Phi) is 4.57. The molecular weight excluding hydrogens is 348 g/mol. The Hall–Kier alpha value is -2.51. The summed E-state index contributed by atoms with van der Waals surface area (Å²) in [4.78, 5) is 25.8. The number of piperidine rings is 1. The van der Waals surface area contributed by atoms with Crippen molar-refractivity contribution in [3.8, 4) is 0 Å². The first kappa shape index (κ1) is 16.9. The van der Waals surface area contributed by atoms with E-state index in [4.69, 9.17) is 0 Å². The van der Waals surface area contributed by atoms with Gasteiger partial charge in [0.25, 0.3) is 11.5 Å². The van der Waals surface area contributed by atoms with E-state index in [0.717, 1.165) is 36.0 Å². The van der Waals surface area contributed by atoms with Crippen LogP contribution in [0.4, 0.5) is 5.69 Å². The molecule has 1 aromatic carbocycles. The normalized spacial score (nSPS) is 15.3. The van der Waals surface area contributed by atoms with Gasteiger partial charge in [-0.25, -0.2) is 0 Å². The molecule has 6 nitrogen and oxygen atoms in total. The van der Waals surface area contributed by atoms with Crippen molar-refractivity contribution in [1.82, 2.24) is 14.3 Å². The second-order valence-electron chi connectivity index (χ2n) is 6.60. The van der Waals surface area contributed by atoms with Crippen LogP contribution in [-0.4, -0.2) is 27.9 Å². The number of nitrogens with zero attached hydrogens (tertiary/aromatic N) is 2. The van der Waals surface area contributed by atoms with Gasteiger partial charge in [0.2, 0.25) is 0 Å². The summed E-state index contributed by atoms with van der Waals surface area (Å²) in [6.45, 7) is 3.58. The lowest BCUT2D eigenvalue weighted by Gasteiger charge is -2.25. The van der Waals surface area contributed by atoms with Gasteiger partial charge in [0.05, 0.1) is 4.70 Å². The fourth-order valence-corrected chi connectivity index (χ4v) is 4.06. The highest BCUT2D eigenvalue weighted by Crippen LogP contribution is 2.22. The number of nitrogens with one attached hydrogen (secondary N) is 2. The van der Waals surface area contributed by atoms with Crippen molar-refractivity contribution in [1.29, 1.82) is 0 Å². The van der Waals surface area contributed by atoms with Gasteiger partial charge in [0.15, 0.2) is 0 Å². The first-order chi connectivity index (χ1) is 12.6. The van der Waals surface area contributed by atoms with E-state index in [0.29, 0.717) is 11.3 Å². The van der Waals surface area contributed by atoms with E-state index >= 15 is 0 Å². The van der Waals surface area contributed by atoms with Crippen molar-refractivity contribution in [3.05, 3.63) is 58.1 Å². The topological polar surface area (TPSA) is 76.0 Å². The fraction of sp³-hybridized carbons (Fsp3) is 0.316. The van der Waals surface area contributed by atoms with Gasteiger partial charge < -0.3 is 15.2 Å². The summed E-state index contributed by atoms with van der Waals surface area (Å²) in [5.41, 5.74) is 1.36. The van der Waals surface area contributed by atoms with Gasteiger partial charge in [-0.2, -0.15) is 4.37 Å². The molecule has 0 aliphatic carbocycles. The number of fused-ring (bicyclic) bond motifs is 1. The van der Waals surface area contributed by atoms with Gasteiger partial charge in [-0.15, -0.1) is 0 Å². The molecule has 1 fully saturated rings. The zero-order chi connectivity index (χ0) is 18.1. The number of rotatable bonds is 3. The van der Waals surface area contributed by atoms with Crippen molar-refractivity contribution in [2.24, 2.45) is 0 Å². The molecule has 134 valence electrons. The lowest BCUT2D eigenvalue weighted by atomic mass is 10.0. The number of carbonyl (C=O) groups is 1. The zero-order valence-corrected chi connectivity index (χ0v) is 15.3. The predicted octanol–water partition coefficient (Wildman–Crippen LogP) is 2.94. The van der Waals surface area contributed by atoms with E-state index in [1.807, 2.05) is 30.5 Å². The summed E-state index contributed by atoms with van der Waals surface area (Å²) in [6, 6.07) is 7.63. The predicted molar refractivity (Wildman–Crippen MR) is 104 cm³/mol. The average molecular weight is 368 g/mol. The number of aromatic nitrogens is 2. The van der Waals surface area contributed by atoms with Crippen LogP contribution in [0.1, 0.15) is 34.8 Å². The smallest absolute Gasteiger partial charge is 0.263 e. The molecule has 0 atom stereocenters. The van der Waals surface area contributed by atoms with E-state index < -0.39 is 0 Å². The minimum absolute atomic E-state index is 0.143. The molecule has 3 heterocycles. The fourth-order valence-electron chi connectivity index (χ4n) is 3.43. The quantitative estimate of drug-likeness (QED) is 0.745. The number of amides is 1. The minimum Gasteiger partial charge on any atom is -0.322 e. The van der Waals surface area contributed by atoms with Crippen molar-refractivity contribution < 1.29 is 4.79 Å². The Balaban J connectivity index is 1.65. The molecular formula is C19H20N4O2S. The summed E-state index contributed by atoms with van der Waals surface area (Å²) in [6.07, 6.45) is 5.37. The van der Waals surface area contributed by atoms with Gasteiger partial charge >= 0.3 is 0 Å². The first-order valence-electron chi connectivity index (χ1n) is 8.72. The Morgan fingerprint density at radius 2 is 2.12 bits per heavy atom. The summed E-state index contributed by atoms with van der Waals surface area (Å²) >= 11 is 1.41. The number of hydrogen-bond donors (Lipinski definition) is 2. The molecule has 2 N–H and O–H groups in total. The van der Waals surface area contributed by atoms with Gasteiger partial charge in [-0.1, -0.05) is 0 Å². The lowest BCUT2D eigenvalue weighted by Crippen LogP contribution is -2.37. The largest absolute Gasteiger partial charge is 0.322 e. The van der Waals surface area contributed by atoms with Crippen LogP contribution in [0, 0.1) is 6.92 Å². The Morgan fingerprint density at radius 3 is 2.92 bits per heavy atom. The molecule has 0 radical (unpaired) electrons. The van der Waals surface area contributed by atoms with Gasteiger partial charge in [0, 0.05) is 29.5 Å². The molecule has 1 saturated heterocycles. The summed E-state index contributed by atoms with van der Waals surface area (Å²) in [7, 11) is 0. The molecule has 2 aromatic heterocycles. The monoisotopic (exact) mass is 368 g/mol. The third kappa shape index (κ3) is 3.15. The zero-order valence-electron chi connectivity index (χ0n) is 14.5. The maximum atomic E-state index is 13.0. The summed E-state index contributed by atoms with van der Waals surface area (Å²) in [5, 5.41) is 7.14. The first-order valence-corrected chi connectivity index (χ1v) is 9.49. The maximum Gasteiger partial charge on any atom is 0.263 e. The molecule has 0 bridgehead atoms. The Bertz CT molecular complexity index is 1020. The van der Waals surface area contributed by atoms with Crippen LogP contribution in [0.3, 0.4) is 0 Å². The van der Waals surface area contributed by atoms with E-state index in [9.17, 15) is 9.59 Å². The maximum absolute atomic E-state index is 13.0. The van der Waals surface area contributed by atoms with Crippen molar-refractivity contribution in [2.75, 3.05) is 18.4 Å². The van der Waals surface area contributed by atoms with Gasteiger partial charge in [-0.05, 0) is 74.2 Å². The lowest BCUT2D eigenvalue weighted by molar-refractivity contribution is 0.102. The number of aryl methyl sites for hydroxylation is 1. The molecule has 26 heavy (non-hydrogen) atoms. The molecule has 7 heteroatoms. The summed E-state index contributed by atoms with van der Waals surface area (Å²) in [5.74, 6) is -0.363. The Morgan fingerprint density at radius 1 is 1.31 bits per heavy atom. The molecule has 1 aliphatic rings. The van der Waals surface area contributed by atoms with Crippen LogP contribution < -0.4 is 16.2 Å². The van der Waals surface area contributed by atoms with Crippen molar-refractivity contribution in [2.45, 2.75) is 25.8 Å². The third-order valence-corrected chi connectivity index (χ3v) is 5.65. The molecule has 1 amide bonds. The average Bonchev–Trinajstić information content (AvgIpc) is 3.10. The Labute approximate surface area is 155 Å². The highest BCUT2D eigenvalue weighted by atomic mass is 32.1. The van der Waals surface area contributed by atoms with Crippen molar-refractivity contribution >= 4 is 33.2 Å². The highest BCUT2D eigenvalue weighted by Gasteiger charge is 2.21. The number of hydrogen-bond acceptors (Lipinski definition) is 5. The molecule has 0 unspecified atom stereocenters. The van der Waals surface area contributed by atoms with Crippen LogP contribution >= 0.6 is 11.5 Å². The van der Waals surface area contributed by atoms with E-state index in [2.05, 4.69) is 15.0 Å². The number of anilines is 1. The molecule has 1 aliphatic heterocycles. The SMILES string of the molecule is Cc1ccn(C2CCNCC2)c(=O)c1C(=O)Nc1ccc2sncc2c1. The van der Waals surface area contributed by atoms with E-state index in [1.165, 1.54) is 11.5 Å². The highest BCUT2D eigenvalue weighted by molar-refractivity contribution is 7.13. The van der Waals surface area contributed by atoms with E-state index in [1.54, 1.807) is 17.7 Å². The van der Waals surface area contributed by atoms with E-state index in [-0.39, 0.29) is 23.1 Å². The molecule has 4 rings (SSSR count). The van der Waals surface area contributed by atoms with Crippen LogP contribution in [0.5, 0.6) is 0 Å². The van der Waals surface area contributed by atoms with Crippen LogP contribution in [0.2, 0.25) is 0 Å². The van der Waals surface area contributed by atoms with Crippen molar-refractivity contribution in [3.63, 3.8) is 0 Å². The molecule has 0 spiro atoms. The standard InChI is InChI=1S/C19H20N4O2S/c1-12-6-9-23(15-4-7-20-8-5-15)19(25)17(12)18(24)22-14-2-3-16-13(10-14)11-21-26-16/h2-3,6,9-11,15,20H,4-5,7-8H2,1H3,(H,22,24). The van der Waals surface area contributed by atoms with Crippen LogP contribution in [0.15, 0.2) is 41.5 Å². The van der Waals surface area contributed by atoms with Gasteiger partial charge in [0.1, 0.15) is 5.56 Å². The number of pyridine rings is 1. The molecule has 3 aromatic rings. The number of carbonyl (C=O) groups excluding carboxylic acids is 1. The number of benzene rings is 1. The van der Waals surface area contributed by atoms with Gasteiger partial charge in [-0.3, -0.25) is 9.59 Å². The minimum atomic E-state index is -0.363.